The van der Waals surface area contributed by atoms with Gasteiger partial charge in [-0.15, -0.1) is 0 Å². The molecule has 2 aromatic rings. The Balaban J connectivity index is 1.78. The molecule has 0 aliphatic carbocycles. The predicted octanol–water partition coefficient (Wildman–Crippen LogP) is 4.08. The summed E-state index contributed by atoms with van der Waals surface area (Å²) in [6.45, 7) is 3.18. The molecule has 0 fully saturated rings. The van der Waals surface area contributed by atoms with Crippen molar-refractivity contribution in [2.75, 3.05) is 0 Å². The minimum Gasteiger partial charge on any atom is -0.332 e. The van der Waals surface area contributed by atoms with Gasteiger partial charge in [-0.2, -0.15) is 13.2 Å². The van der Waals surface area contributed by atoms with E-state index in [-0.39, 0.29) is 0 Å². The maximum Gasteiger partial charge on any atom is 0.416 e. The van der Waals surface area contributed by atoms with Crippen LogP contribution in [-0.2, 0) is 25.6 Å². The van der Waals surface area contributed by atoms with E-state index in [0.717, 1.165) is 42.9 Å². The van der Waals surface area contributed by atoms with Crippen molar-refractivity contribution >= 4 is 0 Å². The smallest absolute Gasteiger partial charge is 0.332 e. The van der Waals surface area contributed by atoms with Crippen molar-refractivity contribution in [2.45, 2.75) is 38.9 Å². The number of hydrogen-bond acceptors (Lipinski definition) is 1. The van der Waals surface area contributed by atoms with Crippen LogP contribution in [0.15, 0.2) is 30.5 Å². The molecule has 0 saturated carbocycles. The van der Waals surface area contributed by atoms with Crippen LogP contribution in [0.3, 0.4) is 0 Å². The number of nitrogens with zero attached hydrogens (tertiary/aromatic N) is 2. The third-order valence-corrected chi connectivity index (χ3v) is 4.07. The highest BCUT2D eigenvalue weighted by atomic mass is 19.4. The molecule has 0 N–H and O–H groups in total. The van der Waals surface area contributed by atoms with E-state index in [4.69, 9.17) is 0 Å². The number of halogens is 3. The maximum absolute atomic E-state index is 12.5. The number of fused-ring (bicyclic) bond motifs is 1. The Hall–Kier alpha value is -1.78. The van der Waals surface area contributed by atoms with Gasteiger partial charge >= 0.3 is 6.18 Å². The van der Waals surface area contributed by atoms with Gasteiger partial charge in [0.2, 0.25) is 0 Å². The average Bonchev–Trinajstić information content (AvgIpc) is 2.80. The summed E-state index contributed by atoms with van der Waals surface area (Å²) in [6.07, 6.45) is 0.353. The molecule has 0 radical (unpaired) electrons. The highest BCUT2D eigenvalue weighted by Crippen LogP contribution is 2.29. The fourth-order valence-electron chi connectivity index (χ4n) is 2.83. The number of hydrogen-bond donors (Lipinski definition) is 0. The summed E-state index contributed by atoms with van der Waals surface area (Å²) < 4.78 is 39.8. The minimum absolute atomic E-state index is 0.576. The quantitative estimate of drug-likeness (QED) is 0.816. The second kappa shape index (κ2) is 5.20. The van der Waals surface area contributed by atoms with E-state index in [0.29, 0.717) is 12.3 Å². The Morgan fingerprint density at radius 3 is 2.62 bits per heavy atom. The molecule has 112 valence electrons. The first-order valence-corrected chi connectivity index (χ1v) is 7.13. The van der Waals surface area contributed by atoms with Crippen LogP contribution in [0, 0.1) is 5.92 Å². The van der Waals surface area contributed by atoms with Gasteiger partial charge in [-0.3, -0.25) is 0 Å². The van der Waals surface area contributed by atoms with Gasteiger partial charge in [0.25, 0.3) is 0 Å². The Morgan fingerprint density at radius 2 is 1.95 bits per heavy atom. The largest absolute Gasteiger partial charge is 0.416 e. The Kier molecular flexibility index (Phi) is 3.51. The normalized spacial score (nSPS) is 18.6. The van der Waals surface area contributed by atoms with Crippen molar-refractivity contribution in [1.29, 1.82) is 0 Å². The Morgan fingerprint density at radius 1 is 1.24 bits per heavy atom. The first-order chi connectivity index (χ1) is 9.93. The topological polar surface area (TPSA) is 17.8 Å². The summed E-state index contributed by atoms with van der Waals surface area (Å²) in [4.78, 5) is 4.44. The van der Waals surface area contributed by atoms with E-state index in [1.807, 2.05) is 6.20 Å². The zero-order chi connectivity index (χ0) is 15.0. The highest BCUT2D eigenvalue weighted by molar-refractivity contribution is 5.27. The summed E-state index contributed by atoms with van der Waals surface area (Å²) in [5.74, 6) is 1.62. The van der Waals surface area contributed by atoms with Crippen LogP contribution in [0.1, 0.15) is 36.0 Å². The second-order valence-corrected chi connectivity index (χ2v) is 5.79. The molecule has 3 rings (SSSR count). The summed E-state index contributed by atoms with van der Waals surface area (Å²) in [7, 11) is 0. The fourth-order valence-corrected chi connectivity index (χ4v) is 2.83. The fraction of sp³-hybridized carbons (Fsp3) is 0.438. The molecule has 2 heterocycles. The lowest BCUT2D eigenvalue weighted by atomic mass is 9.98. The van der Waals surface area contributed by atoms with E-state index >= 15 is 0 Å². The van der Waals surface area contributed by atoms with Gasteiger partial charge in [0, 0.05) is 24.9 Å². The number of rotatable bonds is 2. The monoisotopic (exact) mass is 294 g/mol. The molecule has 5 heteroatoms. The summed E-state index contributed by atoms with van der Waals surface area (Å²) in [5, 5.41) is 0. The van der Waals surface area contributed by atoms with Crippen molar-refractivity contribution in [1.82, 2.24) is 9.55 Å². The summed E-state index contributed by atoms with van der Waals surface area (Å²) in [6, 6.07) is 5.35. The van der Waals surface area contributed by atoms with Gasteiger partial charge in [-0.1, -0.05) is 19.1 Å². The standard InChI is InChI=1S/C16H17F3N2/c1-11-6-7-21-14(8-11)10-20-15(21)9-12-2-4-13(5-3-12)16(17,18)19/h2-5,10-11H,6-9H2,1H3. The predicted molar refractivity (Wildman–Crippen MR) is 74.0 cm³/mol. The van der Waals surface area contributed by atoms with Gasteiger partial charge in [0.05, 0.1) is 5.56 Å². The van der Waals surface area contributed by atoms with Crippen LogP contribution in [-0.4, -0.2) is 9.55 Å². The van der Waals surface area contributed by atoms with E-state index in [1.165, 1.54) is 17.8 Å². The third-order valence-electron chi connectivity index (χ3n) is 4.07. The van der Waals surface area contributed by atoms with Gasteiger partial charge in [-0.25, -0.2) is 4.98 Å². The van der Waals surface area contributed by atoms with Crippen molar-refractivity contribution in [3.05, 3.63) is 53.1 Å². The van der Waals surface area contributed by atoms with Crippen molar-refractivity contribution in [2.24, 2.45) is 5.92 Å². The molecule has 1 unspecified atom stereocenters. The maximum atomic E-state index is 12.5. The summed E-state index contributed by atoms with van der Waals surface area (Å²) >= 11 is 0. The molecule has 1 atom stereocenters. The second-order valence-electron chi connectivity index (χ2n) is 5.79. The molecule has 0 bridgehead atoms. The molecular formula is C16H17F3N2. The van der Waals surface area contributed by atoms with Crippen molar-refractivity contribution < 1.29 is 13.2 Å². The average molecular weight is 294 g/mol. The molecule has 1 aliphatic heterocycles. The van der Waals surface area contributed by atoms with Gasteiger partial charge in [-0.05, 0) is 36.5 Å². The molecule has 0 spiro atoms. The third kappa shape index (κ3) is 2.96. The minimum atomic E-state index is -4.28. The lowest BCUT2D eigenvalue weighted by molar-refractivity contribution is -0.137. The number of aromatic nitrogens is 2. The highest BCUT2D eigenvalue weighted by Gasteiger charge is 2.30. The molecule has 1 aromatic carbocycles. The zero-order valence-corrected chi connectivity index (χ0v) is 11.8. The first kappa shape index (κ1) is 14.2. The van der Waals surface area contributed by atoms with E-state index in [2.05, 4.69) is 16.5 Å². The molecule has 2 nitrogen and oxygen atoms in total. The first-order valence-electron chi connectivity index (χ1n) is 7.13. The number of alkyl halides is 3. The summed E-state index contributed by atoms with van der Waals surface area (Å²) in [5.41, 5.74) is 1.48. The van der Waals surface area contributed by atoms with Crippen LogP contribution in [0.25, 0.3) is 0 Å². The molecule has 1 aliphatic rings. The van der Waals surface area contributed by atoms with E-state index in [1.54, 1.807) is 0 Å². The van der Waals surface area contributed by atoms with Crippen LogP contribution in [0.4, 0.5) is 13.2 Å². The Labute approximate surface area is 121 Å². The molecular weight excluding hydrogens is 277 g/mol. The van der Waals surface area contributed by atoms with Crippen LogP contribution < -0.4 is 0 Å². The lowest BCUT2D eigenvalue weighted by Crippen LogP contribution is -2.18. The van der Waals surface area contributed by atoms with Gasteiger partial charge in [0.15, 0.2) is 0 Å². The van der Waals surface area contributed by atoms with Gasteiger partial charge < -0.3 is 4.57 Å². The molecule has 21 heavy (non-hydrogen) atoms. The molecule has 1 aromatic heterocycles. The van der Waals surface area contributed by atoms with Gasteiger partial charge in [0.1, 0.15) is 5.82 Å². The SMILES string of the molecule is CC1CCn2c(cnc2Cc2ccc(C(F)(F)F)cc2)C1. The molecule has 0 amide bonds. The van der Waals surface area contributed by atoms with Crippen LogP contribution in [0.2, 0.25) is 0 Å². The zero-order valence-electron chi connectivity index (χ0n) is 11.8. The number of imidazole rings is 1. The number of benzene rings is 1. The van der Waals surface area contributed by atoms with E-state index < -0.39 is 11.7 Å². The van der Waals surface area contributed by atoms with Crippen molar-refractivity contribution in [3.63, 3.8) is 0 Å². The van der Waals surface area contributed by atoms with Crippen LogP contribution >= 0.6 is 0 Å². The van der Waals surface area contributed by atoms with Crippen LogP contribution in [0.5, 0.6) is 0 Å². The molecule has 0 saturated heterocycles. The van der Waals surface area contributed by atoms with E-state index in [9.17, 15) is 13.2 Å². The lowest BCUT2D eigenvalue weighted by Gasteiger charge is -2.21. The van der Waals surface area contributed by atoms with Crippen molar-refractivity contribution in [3.8, 4) is 0 Å². The Bertz CT molecular complexity index is 626.